The van der Waals surface area contributed by atoms with E-state index in [1.54, 1.807) is 0 Å². The van der Waals surface area contributed by atoms with E-state index >= 15 is 0 Å². The van der Waals surface area contributed by atoms with Crippen molar-refractivity contribution in [1.82, 2.24) is 9.97 Å². The van der Waals surface area contributed by atoms with Crippen LogP contribution in [-0.4, -0.2) is 9.97 Å². The monoisotopic (exact) mass is 276 g/mol. The van der Waals surface area contributed by atoms with Crippen LogP contribution in [0.2, 0.25) is 0 Å². The molecule has 3 aromatic rings. The number of benzene rings is 1. The third kappa shape index (κ3) is 1.33. The Labute approximate surface area is 101 Å². The van der Waals surface area contributed by atoms with E-state index in [4.69, 9.17) is 4.42 Å². The maximum absolute atomic E-state index is 5.70. The van der Waals surface area contributed by atoms with E-state index in [1.807, 2.05) is 32.0 Å². The van der Waals surface area contributed by atoms with Crippen molar-refractivity contribution >= 4 is 38.0 Å². The van der Waals surface area contributed by atoms with Crippen LogP contribution in [0.15, 0.2) is 27.1 Å². The summed E-state index contributed by atoms with van der Waals surface area (Å²) in [7, 11) is 0. The van der Waals surface area contributed by atoms with Crippen molar-refractivity contribution in [3.8, 4) is 0 Å². The molecule has 3 rings (SSSR count). The Hall–Kier alpha value is -1.42. The number of furan rings is 1. The number of hydrogen-bond acceptors (Lipinski definition) is 3. The van der Waals surface area contributed by atoms with Crippen LogP contribution in [0.1, 0.15) is 11.5 Å². The van der Waals surface area contributed by atoms with Crippen molar-refractivity contribution in [2.45, 2.75) is 13.8 Å². The van der Waals surface area contributed by atoms with Gasteiger partial charge in [0.05, 0.1) is 11.1 Å². The molecule has 2 heterocycles. The molecule has 0 unspecified atom stereocenters. The van der Waals surface area contributed by atoms with Crippen LogP contribution in [0.5, 0.6) is 0 Å². The molecule has 0 saturated heterocycles. The zero-order valence-corrected chi connectivity index (χ0v) is 10.5. The Bertz CT molecular complexity index is 703. The molecule has 1 aromatic carbocycles. The molecule has 0 saturated carbocycles. The Kier molecular flexibility index (Phi) is 2.01. The Morgan fingerprint density at radius 1 is 1.19 bits per heavy atom. The van der Waals surface area contributed by atoms with E-state index < -0.39 is 0 Å². The number of nitrogens with zero attached hydrogens (tertiary/aromatic N) is 2. The van der Waals surface area contributed by atoms with Gasteiger partial charge in [-0.15, -0.1) is 0 Å². The molecule has 0 aliphatic carbocycles. The normalized spacial score (nSPS) is 11.4. The van der Waals surface area contributed by atoms with Crippen molar-refractivity contribution in [2.24, 2.45) is 0 Å². The molecule has 0 aliphatic rings. The summed E-state index contributed by atoms with van der Waals surface area (Å²) in [6.07, 6.45) is 0. The highest BCUT2D eigenvalue weighted by atomic mass is 79.9. The van der Waals surface area contributed by atoms with Crippen LogP contribution in [0.25, 0.3) is 22.1 Å². The summed E-state index contributed by atoms with van der Waals surface area (Å²) in [6, 6.07) is 5.93. The van der Waals surface area contributed by atoms with Crippen LogP contribution in [0.4, 0.5) is 0 Å². The molecule has 80 valence electrons. The molecular weight excluding hydrogens is 268 g/mol. The highest BCUT2D eigenvalue weighted by molar-refractivity contribution is 9.10. The van der Waals surface area contributed by atoms with Gasteiger partial charge in [-0.2, -0.15) is 4.98 Å². The first kappa shape index (κ1) is 9.78. The second-order valence-electron chi connectivity index (χ2n) is 3.78. The van der Waals surface area contributed by atoms with Crippen molar-refractivity contribution < 1.29 is 4.42 Å². The van der Waals surface area contributed by atoms with Crippen molar-refractivity contribution in [2.75, 3.05) is 0 Å². The lowest BCUT2D eigenvalue weighted by Crippen LogP contribution is -1.90. The molecule has 0 fully saturated rings. The maximum atomic E-state index is 5.70. The number of aryl methyl sites for hydroxylation is 2. The summed E-state index contributed by atoms with van der Waals surface area (Å²) in [6.45, 7) is 3.85. The molecule has 0 bridgehead atoms. The topological polar surface area (TPSA) is 38.9 Å². The number of rotatable bonds is 0. The second kappa shape index (κ2) is 3.28. The van der Waals surface area contributed by atoms with Gasteiger partial charge in [-0.25, -0.2) is 4.98 Å². The maximum Gasteiger partial charge on any atom is 0.230 e. The van der Waals surface area contributed by atoms with Crippen LogP contribution in [0, 0.1) is 13.8 Å². The third-order valence-electron chi connectivity index (χ3n) is 2.59. The highest BCUT2D eigenvalue weighted by Gasteiger charge is 2.12. The fourth-order valence-electron chi connectivity index (χ4n) is 1.96. The first-order chi connectivity index (χ1) is 7.65. The summed E-state index contributed by atoms with van der Waals surface area (Å²) in [4.78, 5) is 8.68. The van der Waals surface area contributed by atoms with Gasteiger partial charge in [0.15, 0.2) is 0 Å². The molecule has 0 radical (unpaired) electrons. The van der Waals surface area contributed by atoms with Gasteiger partial charge in [0.25, 0.3) is 0 Å². The molecule has 16 heavy (non-hydrogen) atoms. The highest BCUT2D eigenvalue weighted by Crippen LogP contribution is 2.31. The summed E-state index contributed by atoms with van der Waals surface area (Å²) in [5.41, 5.74) is 2.47. The third-order valence-corrected chi connectivity index (χ3v) is 3.08. The number of halogens is 1. The van der Waals surface area contributed by atoms with Gasteiger partial charge in [0, 0.05) is 9.86 Å². The first-order valence-corrected chi connectivity index (χ1v) is 5.77. The molecule has 4 heteroatoms. The molecular formula is C12H9BrN2O. The van der Waals surface area contributed by atoms with E-state index in [1.165, 1.54) is 0 Å². The Morgan fingerprint density at radius 3 is 2.81 bits per heavy atom. The summed E-state index contributed by atoms with van der Waals surface area (Å²) in [5, 5.41) is 2.06. The summed E-state index contributed by atoms with van der Waals surface area (Å²) in [5.74, 6) is 0.739. The van der Waals surface area contributed by atoms with Gasteiger partial charge < -0.3 is 4.42 Å². The van der Waals surface area contributed by atoms with Crippen LogP contribution in [0.3, 0.4) is 0 Å². The standard InChI is InChI=1S/C12H9BrN2O/c1-6-11-9-5-8(13)3-4-10(9)16-12(11)15-7(2)14-6/h3-5H,1-2H3. The molecule has 0 aliphatic heterocycles. The zero-order chi connectivity index (χ0) is 11.3. The first-order valence-electron chi connectivity index (χ1n) is 4.98. The van der Waals surface area contributed by atoms with Crippen molar-refractivity contribution in [1.29, 1.82) is 0 Å². The molecule has 0 N–H and O–H groups in total. The molecule has 0 spiro atoms. The minimum absolute atomic E-state index is 0.665. The number of fused-ring (bicyclic) bond motifs is 3. The fourth-order valence-corrected chi connectivity index (χ4v) is 2.32. The summed E-state index contributed by atoms with van der Waals surface area (Å²) < 4.78 is 6.73. The Morgan fingerprint density at radius 2 is 2.00 bits per heavy atom. The van der Waals surface area contributed by atoms with Crippen LogP contribution >= 0.6 is 15.9 Å². The zero-order valence-electron chi connectivity index (χ0n) is 8.91. The molecule has 0 atom stereocenters. The van der Waals surface area contributed by atoms with Crippen molar-refractivity contribution in [3.05, 3.63) is 34.2 Å². The minimum atomic E-state index is 0.665. The smallest absolute Gasteiger partial charge is 0.230 e. The van der Waals surface area contributed by atoms with E-state index in [0.29, 0.717) is 5.71 Å². The molecule has 0 amide bonds. The van der Waals surface area contributed by atoms with E-state index in [-0.39, 0.29) is 0 Å². The predicted molar refractivity (Wildman–Crippen MR) is 66.5 cm³/mol. The Balaban J connectivity index is 2.57. The largest absolute Gasteiger partial charge is 0.438 e. The van der Waals surface area contributed by atoms with Gasteiger partial charge in [-0.3, -0.25) is 0 Å². The van der Waals surface area contributed by atoms with E-state index in [9.17, 15) is 0 Å². The van der Waals surface area contributed by atoms with Gasteiger partial charge in [-0.1, -0.05) is 15.9 Å². The van der Waals surface area contributed by atoms with E-state index in [2.05, 4.69) is 25.9 Å². The van der Waals surface area contributed by atoms with Gasteiger partial charge in [0.1, 0.15) is 11.4 Å². The quantitative estimate of drug-likeness (QED) is 0.628. The van der Waals surface area contributed by atoms with Gasteiger partial charge in [-0.05, 0) is 32.0 Å². The van der Waals surface area contributed by atoms with Gasteiger partial charge >= 0.3 is 0 Å². The average molecular weight is 277 g/mol. The fraction of sp³-hybridized carbons (Fsp3) is 0.167. The average Bonchev–Trinajstić information content (AvgIpc) is 2.54. The van der Waals surface area contributed by atoms with E-state index in [0.717, 1.165) is 32.3 Å². The number of hydrogen-bond donors (Lipinski definition) is 0. The lowest BCUT2D eigenvalue weighted by molar-refractivity contribution is 0.650. The number of aromatic nitrogens is 2. The van der Waals surface area contributed by atoms with Gasteiger partial charge in [0.2, 0.25) is 5.71 Å². The van der Waals surface area contributed by atoms with Crippen LogP contribution in [-0.2, 0) is 0 Å². The molecule has 3 nitrogen and oxygen atoms in total. The predicted octanol–water partition coefficient (Wildman–Crippen LogP) is 3.76. The minimum Gasteiger partial charge on any atom is -0.438 e. The second-order valence-corrected chi connectivity index (χ2v) is 4.69. The molecule has 2 aromatic heterocycles. The lowest BCUT2D eigenvalue weighted by atomic mass is 10.2. The SMILES string of the molecule is Cc1nc(C)c2c(n1)oc1ccc(Br)cc12. The lowest BCUT2D eigenvalue weighted by Gasteiger charge is -1.96. The van der Waals surface area contributed by atoms with Crippen molar-refractivity contribution in [3.63, 3.8) is 0 Å². The summed E-state index contributed by atoms with van der Waals surface area (Å²) >= 11 is 3.46. The van der Waals surface area contributed by atoms with Crippen LogP contribution < -0.4 is 0 Å².